The lowest BCUT2D eigenvalue weighted by Crippen LogP contribution is -1.89. The number of hydrogen-bond donors (Lipinski definition) is 0. The lowest BCUT2D eigenvalue weighted by molar-refractivity contribution is 0.868. The van der Waals surface area contributed by atoms with Crippen molar-refractivity contribution >= 4 is 76.2 Å². The first kappa shape index (κ1) is 26.1. The van der Waals surface area contributed by atoms with Crippen molar-refractivity contribution in [2.75, 3.05) is 0 Å². The Morgan fingerprint density at radius 3 is 0.773 bits per heavy atom. The highest BCUT2D eigenvalue weighted by atomic mass is 14.9. The number of benzene rings is 5. The fourth-order valence-corrected chi connectivity index (χ4v) is 8.19. The molecule has 0 aliphatic rings. The van der Waals surface area contributed by atoms with Gasteiger partial charge in [0.2, 0.25) is 0 Å². The van der Waals surface area contributed by atoms with Crippen LogP contribution in [-0.2, 0) is 0 Å². The molecule has 0 aliphatic heterocycles. The molecule has 218 valence electrons. The van der Waals surface area contributed by atoms with Crippen LogP contribution in [0, 0.1) is 0 Å². The van der Waals surface area contributed by atoms with Gasteiger partial charge in [-0.2, -0.15) is 0 Å². The average molecular weight is 573 g/mol. The molecule has 0 saturated heterocycles. The molecule has 0 aliphatic carbocycles. The fourth-order valence-electron chi connectivity index (χ4n) is 8.19. The van der Waals surface area contributed by atoms with Crippen LogP contribution in [0.2, 0.25) is 0 Å². The summed E-state index contributed by atoms with van der Waals surface area (Å²) < 4.78 is 5.19. The van der Waals surface area contributed by atoms with E-state index in [1.807, 2.05) is 0 Å². The predicted octanol–water partition coefficient (Wildman–Crippen LogP) is 12.5. The van der Waals surface area contributed by atoms with Crippen molar-refractivity contribution in [2.24, 2.45) is 0 Å². The van der Waals surface area contributed by atoms with E-state index in [1.54, 1.807) is 0 Å². The van der Waals surface area contributed by atoms with Crippen LogP contribution in [0.15, 0.2) is 72.8 Å². The summed E-state index contributed by atoms with van der Waals surface area (Å²) in [5.41, 5.74) is 13.6. The summed E-state index contributed by atoms with van der Waals surface area (Å²) >= 11 is 0. The van der Waals surface area contributed by atoms with Gasteiger partial charge in [0, 0.05) is 43.1 Å². The first-order valence-corrected chi connectivity index (χ1v) is 16.6. The minimum Gasteiger partial charge on any atom is -0.308 e. The third-order valence-corrected chi connectivity index (χ3v) is 10.7. The second-order valence-electron chi connectivity index (χ2n) is 14.6. The van der Waals surface area contributed by atoms with Gasteiger partial charge in [-0.3, -0.25) is 0 Å². The Bertz CT molecular complexity index is 2240. The van der Waals surface area contributed by atoms with E-state index in [2.05, 4.69) is 137 Å². The van der Waals surface area contributed by atoms with Gasteiger partial charge in [0.1, 0.15) is 0 Å². The van der Waals surface area contributed by atoms with Crippen molar-refractivity contribution in [2.45, 2.75) is 79.1 Å². The molecule has 9 aromatic rings. The minimum atomic E-state index is 0.471. The van der Waals surface area contributed by atoms with Gasteiger partial charge in [-0.05, 0) is 94.5 Å². The van der Waals surface area contributed by atoms with Crippen molar-refractivity contribution in [3.8, 4) is 0 Å². The van der Waals surface area contributed by atoms with Crippen molar-refractivity contribution in [3.05, 3.63) is 95.1 Å². The first-order valence-electron chi connectivity index (χ1n) is 16.6. The highest BCUT2D eigenvalue weighted by molar-refractivity contribution is 6.45. The highest BCUT2D eigenvalue weighted by Crippen LogP contribution is 2.52. The largest absolute Gasteiger partial charge is 0.308 e. The zero-order valence-corrected chi connectivity index (χ0v) is 27.1. The van der Waals surface area contributed by atoms with Gasteiger partial charge in [-0.15, -0.1) is 0 Å². The average Bonchev–Trinajstić information content (AvgIpc) is 3.72. The molecule has 0 unspecified atom stereocenters. The van der Waals surface area contributed by atoms with Crippen LogP contribution < -0.4 is 0 Å². The van der Waals surface area contributed by atoms with Gasteiger partial charge in [0.25, 0.3) is 0 Å². The maximum absolute atomic E-state index is 2.60. The van der Waals surface area contributed by atoms with Crippen molar-refractivity contribution < 1.29 is 0 Å². The second kappa shape index (κ2) is 8.66. The van der Waals surface area contributed by atoms with E-state index in [0.29, 0.717) is 23.7 Å². The third kappa shape index (κ3) is 3.11. The summed E-state index contributed by atoms with van der Waals surface area (Å²) in [4.78, 5) is 0. The van der Waals surface area contributed by atoms with Crippen LogP contribution in [-0.4, -0.2) is 8.80 Å². The Labute approximate surface area is 258 Å². The third-order valence-electron chi connectivity index (χ3n) is 10.7. The second-order valence-corrected chi connectivity index (χ2v) is 14.6. The molecule has 0 bridgehead atoms. The quantitative estimate of drug-likeness (QED) is 0.198. The number of rotatable bonds is 4. The summed E-state index contributed by atoms with van der Waals surface area (Å²) in [6.07, 6.45) is 0. The van der Waals surface area contributed by atoms with Crippen molar-refractivity contribution in [3.63, 3.8) is 0 Å². The van der Waals surface area contributed by atoms with Crippen LogP contribution in [0.4, 0.5) is 0 Å². The molecule has 4 heterocycles. The molecule has 0 fully saturated rings. The molecule has 9 rings (SSSR count). The molecule has 0 spiro atoms. The van der Waals surface area contributed by atoms with Crippen LogP contribution in [0.5, 0.6) is 0 Å². The summed E-state index contributed by atoms with van der Waals surface area (Å²) in [7, 11) is 0. The Hall–Kier alpha value is -4.30. The van der Waals surface area contributed by atoms with Crippen LogP contribution in [0.3, 0.4) is 0 Å². The number of hydrogen-bond acceptors (Lipinski definition) is 0. The van der Waals surface area contributed by atoms with Crippen LogP contribution >= 0.6 is 0 Å². The zero-order valence-electron chi connectivity index (χ0n) is 27.1. The van der Waals surface area contributed by atoms with Crippen molar-refractivity contribution in [1.82, 2.24) is 8.80 Å². The maximum Gasteiger partial charge on any atom is 0.0634 e. The normalized spacial score (nSPS) is 13.4. The standard InChI is InChI=1S/C42H40N2/c1-21(2)25-9-13-33-29(17-25)37-38-30-18-26(22(3)4)11-15-35(30)44-36-16-12-28(24(7)8)20-32(36)40(42(38)44)39-31-19-27(23(5)6)10-14-34(31)43(33)41(37)39/h9-24H,1-8H3. The summed E-state index contributed by atoms with van der Waals surface area (Å²) in [5.74, 6) is 1.89. The fraction of sp³-hybridized carbons (Fsp3) is 0.286. The molecule has 4 aromatic heterocycles. The van der Waals surface area contributed by atoms with Gasteiger partial charge in [-0.1, -0.05) is 79.7 Å². The Morgan fingerprint density at radius 1 is 0.341 bits per heavy atom. The molecule has 44 heavy (non-hydrogen) atoms. The summed E-state index contributed by atoms with van der Waals surface area (Å²) in [5, 5.41) is 11.2. The number of aromatic nitrogens is 2. The van der Waals surface area contributed by atoms with E-state index in [-0.39, 0.29) is 0 Å². The predicted molar refractivity (Wildman–Crippen MR) is 192 cm³/mol. The summed E-state index contributed by atoms with van der Waals surface area (Å²) in [6, 6.07) is 28.9. The van der Waals surface area contributed by atoms with Gasteiger partial charge in [0.15, 0.2) is 0 Å². The number of nitrogens with zero attached hydrogens (tertiary/aromatic N) is 2. The SMILES string of the molecule is CC(C)c1ccc2c(c1)c1c3c4cc(C(C)C)ccc4n4c5ccc(C(C)C)cc5c(c5c6cc(C(C)C)ccc6n2c15)c34. The molecular formula is C42H40N2. The molecule has 0 radical (unpaired) electrons. The van der Waals surface area contributed by atoms with E-state index in [4.69, 9.17) is 0 Å². The monoisotopic (exact) mass is 572 g/mol. The Balaban J connectivity index is 1.68. The molecule has 0 amide bonds. The van der Waals surface area contributed by atoms with E-state index < -0.39 is 0 Å². The Morgan fingerprint density at radius 2 is 0.568 bits per heavy atom. The molecule has 0 atom stereocenters. The van der Waals surface area contributed by atoms with Crippen molar-refractivity contribution in [1.29, 1.82) is 0 Å². The van der Waals surface area contributed by atoms with E-state index in [1.165, 1.54) is 98.4 Å². The lowest BCUT2D eigenvalue weighted by Gasteiger charge is -2.09. The van der Waals surface area contributed by atoms with Gasteiger partial charge >= 0.3 is 0 Å². The summed E-state index contributed by atoms with van der Waals surface area (Å²) in [6.45, 7) is 18.5. The van der Waals surface area contributed by atoms with E-state index in [9.17, 15) is 0 Å². The first-order chi connectivity index (χ1) is 21.2. The molecule has 0 N–H and O–H groups in total. The minimum absolute atomic E-state index is 0.471. The van der Waals surface area contributed by atoms with Gasteiger partial charge < -0.3 is 8.80 Å². The Kier molecular flexibility index (Phi) is 5.14. The van der Waals surface area contributed by atoms with Gasteiger partial charge in [0.05, 0.1) is 33.1 Å². The molecule has 2 nitrogen and oxygen atoms in total. The molecular weight excluding hydrogens is 532 g/mol. The zero-order chi connectivity index (χ0) is 30.3. The van der Waals surface area contributed by atoms with E-state index >= 15 is 0 Å². The topological polar surface area (TPSA) is 8.82 Å². The van der Waals surface area contributed by atoms with Crippen LogP contribution in [0.1, 0.15) is 101 Å². The molecule has 2 heteroatoms. The lowest BCUT2D eigenvalue weighted by atomic mass is 9.93. The smallest absolute Gasteiger partial charge is 0.0634 e. The van der Waals surface area contributed by atoms with Crippen LogP contribution in [0.25, 0.3) is 76.2 Å². The number of fused-ring (bicyclic) bond motifs is 14. The molecule has 0 saturated carbocycles. The molecule has 5 aromatic carbocycles. The highest BCUT2D eigenvalue weighted by Gasteiger charge is 2.29. The van der Waals surface area contributed by atoms with Gasteiger partial charge in [-0.25, -0.2) is 0 Å². The maximum atomic E-state index is 2.60. The van der Waals surface area contributed by atoms with E-state index in [0.717, 1.165) is 0 Å².